The Kier molecular flexibility index (Phi) is 5.81. The Labute approximate surface area is 179 Å². The van der Waals surface area contributed by atoms with Gasteiger partial charge in [-0.3, -0.25) is 14.6 Å². The molecule has 0 saturated carbocycles. The van der Waals surface area contributed by atoms with E-state index in [0.717, 1.165) is 48.5 Å². The molecular formula is C25H33N3O2. The van der Waals surface area contributed by atoms with Gasteiger partial charge < -0.3 is 9.47 Å². The third-order valence-electron chi connectivity index (χ3n) is 6.69. The van der Waals surface area contributed by atoms with Crippen molar-refractivity contribution in [2.45, 2.75) is 65.3 Å². The number of carbonyl (C=O) groups excluding carboxylic acids is 1. The number of piperidine rings is 1. The SMILES string of the molecule is Cc1cc(CC(=O)N2C[C@H]3C[C@@H](C2)[C@H](CCC(C)C)n2c3cccc2=O)cc(C)n1. The van der Waals surface area contributed by atoms with E-state index >= 15 is 0 Å². The fraction of sp³-hybridized carbons (Fsp3) is 0.560. The molecule has 4 heterocycles. The van der Waals surface area contributed by atoms with E-state index in [-0.39, 0.29) is 23.4 Å². The van der Waals surface area contributed by atoms with Crippen LogP contribution in [0.2, 0.25) is 0 Å². The highest BCUT2D eigenvalue weighted by Gasteiger charge is 2.41. The number of rotatable bonds is 5. The summed E-state index contributed by atoms with van der Waals surface area (Å²) in [7, 11) is 0. The van der Waals surface area contributed by atoms with Crippen molar-refractivity contribution in [3.05, 3.63) is 63.3 Å². The second-order valence-corrected chi connectivity index (χ2v) is 9.62. The van der Waals surface area contributed by atoms with Gasteiger partial charge in [0.2, 0.25) is 5.91 Å². The maximum absolute atomic E-state index is 13.2. The van der Waals surface area contributed by atoms with Gasteiger partial charge in [-0.15, -0.1) is 0 Å². The first-order chi connectivity index (χ1) is 14.3. The molecule has 0 N–H and O–H groups in total. The molecule has 2 aliphatic heterocycles. The van der Waals surface area contributed by atoms with Crippen molar-refractivity contribution in [2.24, 2.45) is 11.8 Å². The van der Waals surface area contributed by atoms with Gasteiger partial charge in [-0.05, 0) is 68.7 Å². The van der Waals surface area contributed by atoms with Crippen LogP contribution in [0.15, 0.2) is 35.1 Å². The van der Waals surface area contributed by atoms with Gasteiger partial charge in [-0.1, -0.05) is 19.9 Å². The van der Waals surface area contributed by atoms with E-state index < -0.39 is 0 Å². The first-order valence-electron chi connectivity index (χ1n) is 11.2. The van der Waals surface area contributed by atoms with Crippen LogP contribution in [0, 0.1) is 25.7 Å². The number of carbonyl (C=O) groups is 1. The monoisotopic (exact) mass is 407 g/mol. The van der Waals surface area contributed by atoms with Gasteiger partial charge in [0.15, 0.2) is 0 Å². The number of nitrogens with zero attached hydrogens (tertiary/aromatic N) is 3. The van der Waals surface area contributed by atoms with E-state index in [9.17, 15) is 9.59 Å². The summed E-state index contributed by atoms with van der Waals surface area (Å²) < 4.78 is 2.05. The summed E-state index contributed by atoms with van der Waals surface area (Å²) in [5, 5.41) is 0. The highest BCUT2D eigenvalue weighted by atomic mass is 16.2. The lowest BCUT2D eigenvalue weighted by atomic mass is 9.76. The molecule has 1 saturated heterocycles. The molecule has 1 amide bonds. The number of likely N-dealkylation sites (tertiary alicyclic amines) is 1. The minimum atomic E-state index is 0.110. The summed E-state index contributed by atoms with van der Waals surface area (Å²) in [6.45, 7) is 9.87. The quantitative estimate of drug-likeness (QED) is 0.752. The van der Waals surface area contributed by atoms with Crippen molar-refractivity contribution in [3.8, 4) is 0 Å². The lowest BCUT2D eigenvalue weighted by Gasteiger charge is -2.47. The van der Waals surface area contributed by atoms with Crippen molar-refractivity contribution in [1.29, 1.82) is 0 Å². The fourth-order valence-electron chi connectivity index (χ4n) is 5.43. The lowest BCUT2D eigenvalue weighted by Crippen LogP contribution is -2.51. The van der Waals surface area contributed by atoms with Gasteiger partial charge in [-0.25, -0.2) is 0 Å². The molecule has 2 aliphatic rings. The van der Waals surface area contributed by atoms with E-state index in [1.807, 2.05) is 36.9 Å². The Balaban J connectivity index is 1.59. The van der Waals surface area contributed by atoms with Crippen LogP contribution < -0.4 is 5.56 Å². The second-order valence-electron chi connectivity index (χ2n) is 9.62. The van der Waals surface area contributed by atoms with E-state index in [1.54, 1.807) is 6.07 Å². The van der Waals surface area contributed by atoms with Crippen LogP contribution in [0.3, 0.4) is 0 Å². The van der Waals surface area contributed by atoms with Crippen LogP contribution >= 0.6 is 0 Å². The Bertz CT molecular complexity index is 974. The van der Waals surface area contributed by atoms with E-state index in [1.165, 1.54) is 0 Å². The molecule has 5 nitrogen and oxygen atoms in total. The highest BCUT2D eigenvalue weighted by Crippen LogP contribution is 2.43. The van der Waals surface area contributed by atoms with Crippen molar-refractivity contribution in [3.63, 3.8) is 0 Å². The predicted molar refractivity (Wildman–Crippen MR) is 119 cm³/mol. The smallest absolute Gasteiger partial charge is 0.250 e. The molecule has 5 heteroatoms. The summed E-state index contributed by atoms with van der Waals surface area (Å²) >= 11 is 0. The minimum Gasteiger partial charge on any atom is -0.341 e. The van der Waals surface area contributed by atoms with E-state index in [2.05, 4.69) is 29.5 Å². The van der Waals surface area contributed by atoms with Crippen LogP contribution in [-0.2, 0) is 11.2 Å². The number of aromatic nitrogens is 2. The number of amides is 1. The summed E-state index contributed by atoms with van der Waals surface area (Å²) in [4.78, 5) is 32.4. The second kappa shape index (κ2) is 8.37. The lowest BCUT2D eigenvalue weighted by molar-refractivity contribution is -0.133. The maximum Gasteiger partial charge on any atom is 0.250 e. The topological polar surface area (TPSA) is 55.2 Å². The normalized spacial score (nSPS) is 22.8. The van der Waals surface area contributed by atoms with Crippen LogP contribution in [0.1, 0.15) is 67.7 Å². The van der Waals surface area contributed by atoms with Crippen molar-refractivity contribution >= 4 is 5.91 Å². The molecule has 0 aliphatic carbocycles. The zero-order chi connectivity index (χ0) is 21.4. The molecule has 1 fully saturated rings. The van der Waals surface area contributed by atoms with Crippen molar-refractivity contribution in [1.82, 2.24) is 14.5 Å². The maximum atomic E-state index is 13.2. The van der Waals surface area contributed by atoms with E-state index in [4.69, 9.17) is 0 Å². The Hall–Kier alpha value is -2.43. The Morgan fingerprint density at radius 3 is 2.60 bits per heavy atom. The average Bonchev–Trinajstić information content (AvgIpc) is 2.67. The molecule has 30 heavy (non-hydrogen) atoms. The largest absolute Gasteiger partial charge is 0.341 e. The molecule has 2 aromatic heterocycles. The molecule has 4 rings (SSSR count). The standard InChI is InChI=1S/C25H33N3O2/c1-16(2)8-9-23-21-13-20(22-6-5-7-24(29)28(22)23)14-27(15-21)25(30)12-19-10-17(3)26-18(4)11-19/h5-7,10-11,16,20-21,23H,8-9,12-15H2,1-4H3/t20-,21+,23+/m1/s1. The molecule has 3 atom stereocenters. The van der Waals surface area contributed by atoms with Gasteiger partial charge >= 0.3 is 0 Å². The minimum absolute atomic E-state index is 0.110. The molecule has 2 bridgehead atoms. The van der Waals surface area contributed by atoms with Crippen LogP contribution in [0.4, 0.5) is 0 Å². The number of pyridine rings is 2. The molecular weight excluding hydrogens is 374 g/mol. The van der Waals surface area contributed by atoms with Crippen LogP contribution in [0.25, 0.3) is 0 Å². The third-order valence-corrected chi connectivity index (χ3v) is 6.69. The summed E-state index contributed by atoms with van der Waals surface area (Å²) in [5.74, 6) is 1.38. The first-order valence-corrected chi connectivity index (χ1v) is 11.2. The van der Waals surface area contributed by atoms with Gasteiger partial charge in [0, 0.05) is 48.2 Å². The molecule has 160 valence electrons. The van der Waals surface area contributed by atoms with Gasteiger partial charge in [0.25, 0.3) is 5.56 Å². The third kappa shape index (κ3) is 4.21. The Morgan fingerprint density at radius 2 is 1.90 bits per heavy atom. The summed E-state index contributed by atoms with van der Waals surface area (Å²) in [5.41, 5.74) is 4.17. The number of hydrogen-bond donors (Lipinski definition) is 0. The van der Waals surface area contributed by atoms with Gasteiger partial charge in [-0.2, -0.15) is 0 Å². The molecule has 0 unspecified atom stereocenters. The fourth-order valence-corrected chi connectivity index (χ4v) is 5.43. The number of hydrogen-bond acceptors (Lipinski definition) is 3. The number of aryl methyl sites for hydroxylation is 2. The van der Waals surface area contributed by atoms with Gasteiger partial charge in [0.1, 0.15) is 0 Å². The zero-order valence-electron chi connectivity index (χ0n) is 18.6. The average molecular weight is 408 g/mol. The Morgan fingerprint density at radius 1 is 1.17 bits per heavy atom. The predicted octanol–water partition coefficient (Wildman–Crippen LogP) is 4.03. The summed E-state index contributed by atoms with van der Waals surface area (Å²) in [6.07, 6.45) is 3.58. The van der Waals surface area contributed by atoms with Crippen LogP contribution in [-0.4, -0.2) is 33.4 Å². The molecule has 0 spiro atoms. The van der Waals surface area contributed by atoms with Crippen molar-refractivity contribution in [2.75, 3.05) is 13.1 Å². The van der Waals surface area contributed by atoms with Crippen molar-refractivity contribution < 1.29 is 4.79 Å². The summed E-state index contributed by atoms with van der Waals surface area (Å²) in [6, 6.07) is 9.86. The van der Waals surface area contributed by atoms with Gasteiger partial charge in [0.05, 0.1) is 6.42 Å². The van der Waals surface area contributed by atoms with E-state index in [0.29, 0.717) is 24.8 Å². The van der Waals surface area contributed by atoms with Crippen LogP contribution in [0.5, 0.6) is 0 Å². The first kappa shape index (κ1) is 20.8. The molecule has 0 radical (unpaired) electrons. The molecule has 0 aromatic carbocycles. The highest BCUT2D eigenvalue weighted by molar-refractivity contribution is 5.79. The molecule has 2 aromatic rings. The number of fused-ring (bicyclic) bond motifs is 4. The zero-order valence-corrected chi connectivity index (χ0v) is 18.6.